The van der Waals surface area contributed by atoms with Crippen molar-refractivity contribution in [2.45, 2.75) is 33.6 Å². The number of sulfonamides is 1. The third-order valence-electron chi connectivity index (χ3n) is 3.09. The highest BCUT2D eigenvalue weighted by molar-refractivity contribution is 7.89. The molecule has 1 aromatic rings. The molecule has 1 aromatic carbocycles. The predicted octanol–water partition coefficient (Wildman–Crippen LogP) is 2.18. The molecule has 0 atom stereocenters. The molecule has 0 amide bonds. The molecule has 1 N–H and O–H groups in total. The van der Waals surface area contributed by atoms with Crippen molar-refractivity contribution >= 4 is 10.0 Å². The van der Waals surface area contributed by atoms with Crippen molar-refractivity contribution in [3.63, 3.8) is 0 Å². The van der Waals surface area contributed by atoms with Crippen molar-refractivity contribution in [3.8, 4) is 5.75 Å². The van der Waals surface area contributed by atoms with Crippen LogP contribution in [0.4, 0.5) is 0 Å². The molecular formula is C14H23NO3S. The van der Waals surface area contributed by atoms with Gasteiger partial charge < -0.3 is 4.74 Å². The van der Waals surface area contributed by atoms with E-state index < -0.39 is 10.0 Å². The Kier molecular flexibility index (Phi) is 5.82. The van der Waals surface area contributed by atoms with E-state index in [2.05, 4.69) is 10.8 Å². The Bertz CT molecular complexity index is 524. The SMILES string of the molecule is CCCS(=O)(=O)NCCc1cc(C)c(C)cc1OC. The summed E-state index contributed by atoms with van der Waals surface area (Å²) in [6, 6.07) is 4.05. The van der Waals surface area contributed by atoms with Crippen molar-refractivity contribution in [2.75, 3.05) is 19.4 Å². The highest BCUT2D eigenvalue weighted by atomic mass is 32.2. The molecule has 0 heterocycles. The third-order valence-corrected chi connectivity index (χ3v) is 4.68. The molecule has 0 saturated carbocycles. The number of benzene rings is 1. The molecule has 0 unspecified atom stereocenters. The smallest absolute Gasteiger partial charge is 0.211 e. The second-order valence-corrected chi connectivity index (χ2v) is 6.64. The Balaban J connectivity index is 2.70. The average molecular weight is 285 g/mol. The maximum atomic E-state index is 11.6. The fourth-order valence-electron chi connectivity index (χ4n) is 1.92. The van der Waals surface area contributed by atoms with Crippen LogP contribution in [0.25, 0.3) is 0 Å². The van der Waals surface area contributed by atoms with E-state index in [9.17, 15) is 8.42 Å². The van der Waals surface area contributed by atoms with Gasteiger partial charge >= 0.3 is 0 Å². The standard InChI is InChI=1S/C14H23NO3S/c1-5-8-19(16,17)15-7-6-13-9-11(2)12(3)10-14(13)18-4/h9-10,15H,5-8H2,1-4H3. The normalized spacial score (nSPS) is 11.6. The van der Waals surface area contributed by atoms with Crippen LogP contribution >= 0.6 is 0 Å². The first-order chi connectivity index (χ1) is 8.89. The summed E-state index contributed by atoms with van der Waals surface area (Å²) in [4.78, 5) is 0. The first-order valence-electron chi connectivity index (χ1n) is 6.51. The summed E-state index contributed by atoms with van der Waals surface area (Å²) in [6.45, 7) is 6.33. The summed E-state index contributed by atoms with van der Waals surface area (Å²) >= 11 is 0. The van der Waals surface area contributed by atoms with Crippen LogP contribution in [0.3, 0.4) is 0 Å². The van der Waals surface area contributed by atoms with Crippen LogP contribution in [0, 0.1) is 13.8 Å². The maximum Gasteiger partial charge on any atom is 0.211 e. The first kappa shape index (κ1) is 16.0. The van der Waals surface area contributed by atoms with Gasteiger partial charge in [0.25, 0.3) is 0 Å². The molecule has 19 heavy (non-hydrogen) atoms. The number of hydrogen-bond donors (Lipinski definition) is 1. The van der Waals surface area contributed by atoms with E-state index in [-0.39, 0.29) is 5.75 Å². The molecule has 0 bridgehead atoms. The molecule has 0 aliphatic heterocycles. The Morgan fingerprint density at radius 1 is 1.21 bits per heavy atom. The number of aryl methyl sites for hydroxylation is 2. The van der Waals surface area contributed by atoms with E-state index in [1.54, 1.807) is 7.11 Å². The second kappa shape index (κ2) is 6.91. The lowest BCUT2D eigenvalue weighted by molar-refractivity contribution is 0.409. The monoisotopic (exact) mass is 285 g/mol. The minimum absolute atomic E-state index is 0.178. The van der Waals surface area contributed by atoms with Crippen molar-refractivity contribution in [2.24, 2.45) is 0 Å². The summed E-state index contributed by atoms with van der Waals surface area (Å²) in [5.74, 6) is 0.995. The van der Waals surface area contributed by atoms with Crippen molar-refractivity contribution in [1.82, 2.24) is 4.72 Å². The molecule has 0 radical (unpaired) electrons. The fraction of sp³-hybridized carbons (Fsp3) is 0.571. The third kappa shape index (κ3) is 4.84. The van der Waals surface area contributed by atoms with E-state index in [4.69, 9.17) is 4.74 Å². The number of rotatable bonds is 7. The molecule has 108 valence electrons. The summed E-state index contributed by atoms with van der Waals surface area (Å²) in [6.07, 6.45) is 1.26. The molecule has 0 spiro atoms. The van der Waals surface area contributed by atoms with Gasteiger partial charge in [-0.25, -0.2) is 13.1 Å². The van der Waals surface area contributed by atoms with E-state index >= 15 is 0 Å². The lowest BCUT2D eigenvalue weighted by atomic mass is 10.0. The molecule has 1 rings (SSSR count). The Labute approximate surface area is 116 Å². The first-order valence-corrected chi connectivity index (χ1v) is 8.16. The molecule has 0 aliphatic rings. The van der Waals surface area contributed by atoms with E-state index in [1.807, 2.05) is 26.8 Å². The maximum absolute atomic E-state index is 11.6. The van der Waals surface area contributed by atoms with Gasteiger partial charge in [-0.2, -0.15) is 0 Å². The van der Waals surface area contributed by atoms with Crippen LogP contribution < -0.4 is 9.46 Å². The summed E-state index contributed by atoms with van der Waals surface area (Å²) in [5.41, 5.74) is 3.39. The summed E-state index contributed by atoms with van der Waals surface area (Å²) in [7, 11) is -1.50. The van der Waals surface area contributed by atoms with Gasteiger partial charge in [-0.3, -0.25) is 0 Å². The molecule has 0 aliphatic carbocycles. The Hall–Kier alpha value is -1.07. The zero-order valence-electron chi connectivity index (χ0n) is 12.1. The van der Waals surface area contributed by atoms with Gasteiger partial charge in [-0.1, -0.05) is 13.0 Å². The highest BCUT2D eigenvalue weighted by Gasteiger charge is 2.10. The zero-order valence-corrected chi connectivity index (χ0v) is 12.9. The molecular weight excluding hydrogens is 262 g/mol. The summed E-state index contributed by atoms with van der Waals surface area (Å²) in [5, 5.41) is 0. The number of methoxy groups -OCH3 is 1. The zero-order chi connectivity index (χ0) is 14.5. The molecule has 0 fully saturated rings. The number of nitrogens with one attached hydrogen (secondary N) is 1. The number of ether oxygens (including phenoxy) is 1. The quantitative estimate of drug-likeness (QED) is 0.835. The van der Waals surface area contributed by atoms with Crippen LogP contribution in [0.2, 0.25) is 0 Å². The van der Waals surface area contributed by atoms with Crippen molar-refractivity contribution < 1.29 is 13.2 Å². The van der Waals surface area contributed by atoms with Crippen LogP contribution in [-0.4, -0.2) is 27.8 Å². The van der Waals surface area contributed by atoms with Crippen molar-refractivity contribution in [1.29, 1.82) is 0 Å². The van der Waals surface area contributed by atoms with Gasteiger partial charge in [-0.15, -0.1) is 0 Å². The van der Waals surface area contributed by atoms with Gasteiger partial charge in [0.2, 0.25) is 10.0 Å². The fourth-order valence-corrected chi connectivity index (χ4v) is 3.01. The van der Waals surface area contributed by atoms with Crippen LogP contribution in [0.1, 0.15) is 30.0 Å². The lowest BCUT2D eigenvalue weighted by Gasteiger charge is -2.12. The Morgan fingerprint density at radius 3 is 2.42 bits per heavy atom. The molecule has 0 saturated heterocycles. The van der Waals surface area contributed by atoms with Crippen LogP contribution in [0.5, 0.6) is 5.75 Å². The average Bonchev–Trinajstić information content (AvgIpc) is 2.33. The van der Waals surface area contributed by atoms with E-state index in [1.165, 1.54) is 11.1 Å². The predicted molar refractivity (Wildman–Crippen MR) is 78.3 cm³/mol. The molecule has 0 aromatic heterocycles. The lowest BCUT2D eigenvalue weighted by Crippen LogP contribution is -2.28. The number of hydrogen-bond acceptors (Lipinski definition) is 3. The minimum atomic E-state index is -3.13. The van der Waals surface area contributed by atoms with Crippen LogP contribution in [0.15, 0.2) is 12.1 Å². The van der Waals surface area contributed by atoms with Gasteiger partial charge in [0.15, 0.2) is 0 Å². The minimum Gasteiger partial charge on any atom is -0.496 e. The summed E-state index contributed by atoms with van der Waals surface area (Å²) < 4.78 is 31.1. The van der Waals surface area contributed by atoms with Gasteiger partial charge in [-0.05, 0) is 49.4 Å². The van der Waals surface area contributed by atoms with Crippen molar-refractivity contribution in [3.05, 3.63) is 28.8 Å². The molecule has 4 nitrogen and oxygen atoms in total. The van der Waals surface area contributed by atoms with Gasteiger partial charge in [0.05, 0.1) is 12.9 Å². The topological polar surface area (TPSA) is 55.4 Å². The van der Waals surface area contributed by atoms with E-state index in [0.29, 0.717) is 19.4 Å². The van der Waals surface area contributed by atoms with Crippen LogP contribution in [-0.2, 0) is 16.4 Å². The second-order valence-electron chi connectivity index (χ2n) is 4.71. The van der Waals surface area contributed by atoms with E-state index in [0.717, 1.165) is 11.3 Å². The largest absolute Gasteiger partial charge is 0.496 e. The Morgan fingerprint density at radius 2 is 1.84 bits per heavy atom. The highest BCUT2D eigenvalue weighted by Crippen LogP contribution is 2.23. The van der Waals surface area contributed by atoms with Gasteiger partial charge in [0.1, 0.15) is 5.75 Å². The molecule has 5 heteroatoms. The van der Waals surface area contributed by atoms with Gasteiger partial charge in [0, 0.05) is 6.54 Å².